The Morgan fingerprint density at radius 1 is 0.750 bits per heavy atom. The molecule has 0 atom stereocenters. The molecule has 4 heteroatoms. The van der Waals surface area contributed by atoms with Crippen molar-refractivity contribution in [1.82, 2.24) is 0 Å². The number of halogens is 2. The third-order valence-corrected chi connectivity index (χ3v) is 0. The second-order valence-electron chi connectivity index (χ2n) is 0. The van der Waals surface area contributed by atoms with E-state index in [2.05, 4.69) is 0 Å². The summed E-state index contributed by atoms with van der Waals surface area (Å²) >= 11 is 0. The molecular weight excluding hydrogens is 135 g/mol. The van der Waals surface area contributed by atoms with E-state index in [-0.39, 0.29) is 85.6 Å². The Kier molecular flexibility index (Phi) is 134. The molecule has 0 unspecified atom stereocenters. The van der Waals surface area contributed by atoms with Crippen LogP contribution < -0.4 is 24.8 Å². The Morgan fingerprint density at radius 3 is 0.750 bits per heavy atom. The van der Waals surface area contributed by atoms with Crippen LogP contribution in [0.3, 0.4) is 0 Å². The maximum atomic E-state index is 0. The van der Waals surface area contributed by atoms with Crippen LogP contribution in [0.25, 0.3) is 0 Å². The first-order valence-electron chi connectivity index (χ1n) is 0. The predicted molar refractivity (Wildman–Crippen MR) is 5.75 cm³/mol. The van der Waals surface area contributed by atoms with E-state index in [4.69, 9.17) is 0 Å². The van der Waals surface area contributed by atoms with Crippen LogP contribution in [-0.2, 0) is 0 Å². The van der Waals surface area contributed by atoms with E-state index >= 15 is 0 Å². The van der Waals surface area contributed by atoms with E-state index in [1.807, 2.05) is 0 Å². The minimum absolute atomic E-state index is 0. The zero-order chi connectivity index (χ0) is 0. The summed E-state index contributed by atoms with van der Waals surface area (Å²) in [7, 11) is 0. The zero-order valence-corrected chi connectivity index (χ0v) is 5.45. The van der Waals surface area contributed by atoms with E-state index in [9.17, 15) is 0 Å². The van der Waals surface area contributed by atoms with Crippen molar-refractivity contribution in [3.05, 3.63) is 0 Å². The third kappa shape index (κ3) is 8.82. The number of hydrogen-bond acceptors (Lipinski definition) is 0. The Morgan fingerprint density at radius 2 is 0.750 bits per heavy atom. The molecule has 0 N–H and O–H groups in total. The van der Waals surface area contributed by atoms with Crippen molar-refractivity contribution in [3.8, 4) is 0 Å². The summed E-state index contributed by atoms with van der Waals surface area (Å²) in [6.45, 7) is 0. The molecule has 0 aromatic heterocycles. The van der Waals surface area contributed by atoms with Gasteiger partial charge >= 0.3 is 23.1 Å². The Hall–Kier alpha value is 2.61. The Balaban J connectivity index is 0. The Labute approximate surface area is 84.1 Å². The summed E-state index contributed by atoms with van der Waals surface area (Å²) in [5.74, 6) is 0. The molecule has 24 valence electrons. The molecule has 0 heterocycles. The first-order valence-corrected chi connectivity index (χ1v) is 0. The van der Waals surface area contributed by atoms with Crippen molar-refractivity contribution >= 4 is 23.1 Å². The van der Waals surface area contributed by atoms with Crippen molar-refractivity contribution < 1.29 is 62.6 Å². The van der Waals surface area contributed by atoms with Gasteiger partial charge in [-0.05, 0) is 0 Å². The van der Waals surface area contributed by atoms with Gasteiger partial charge in [0.1, 0.15) is 0 Å². The topological polar surface area (TPSA) is 0 Å². The summed E-state index contributed by atoms with van der Waals surface area (Å²) < 4.78 is 0. The fraction of sp³-hybridized carbons (Fsp3) is 0. The molecule has 0 aliphatic heterocycles. The standard InChI is InChI=1S/Ar.2ClH.Mg/h;2*1H;/q;;;+2/p-2. The second kappa shape index (κ2) is 17.5. The smallest absolute Gasteiger partial charge is 1.00 e. The van der Waals surface area contributed by atoms with Gasteiger partial charge in [-0.1, -0.05) is 0 Å². The van der Waals surface area contributed by atoms with Crippen LogP contribution in [0.2, 0.25) is 0 Å². The predicted octanol–water partition coefficient (Wildman–Crippen LogP) is -6.37. The van der Waals surface area contributed by atoms with Crippen LogP contribution in [0.4, 0.5) is 0 Å². The van der Waals surface area contributed by atoms with Crippen molar-refractivity contribution in [2.75, 3.05) is 0 Å². The third-order valence-electron chi connectivity index (χ3n) is 0. The van der Waals surface area contributed by atoms with Gasteiger partial charge in [0.25, 0.3) is 0 Å². The maximum Gasteiger partial charge on any atom is 2.00 e. The Bertz CT molecular complexity index is 6.00. The van der Waals surface area contributed by atoms with E-state index in [0.717, 1.165) is 0 Å². The minimum atomic E-state index is 0. The molecule has 4 heavy (non-hydrogen) atoms. The molecule has 0 amide bonds. The van der Waals surface area contributed by atoms with Crippen LogP contribution in [0.5, 0.6) is 0 Å². The van der Waals surface area contributed by atoms with E-state index in [1.165, 1.54) is 0 Å². The van der Waals surface area contributed by atoms with E-state index in [0.29, 0.717) is 0 Å². The second-order valence-corrected chi connectivity index (χ2v) is 0. The first kappa shape index (κ1) is 30.6. The van der Waals surface area contributed by atoms with Crippen LogP contribution in [0.15, 0.2) is 0 Å². The summed E-state index contributed by atoms with van der Waals surface area (Å²) in [6, 6.07) is 0. The molecule has 0 bridgehead atoms. The fourth-order valence-corrected chi connectivity index (χ4v) is 0. The molecule has 0 saturated heterocycles. The van der Waals surface area contributed by atoms with Gasteiger partial charge in [-0.2, -0.15) is 0 Å². The SMILES string of the molecule is [Ar].[Cl-].[Cl-].[Mg+2]. The zero-order valence-electron chi connectivity index (χ0n) is 1.82. The van der Waals surface area contributed by atoms with Crippen LogP contribution >= 0.6 is 0 Å². The first-order chi connectivity index (χ1) is 0. The number of rotatable bonds is 0. The fourth-order valence-electron chi connectivity index (χ4n) is 0. The molecule has 0 spiro atoms. The molecular formula is ArCl2Mg. The van der Waals surface area contributed by atoms with Crippen molar-refractivity contribution in [1.29, 1.82) is 0 Å². The van der Waals surface area contributed by atoms with Crippen molar-refractivity contribution in [2.24, 2.45) is 0 Å². The molecule has 0 radical (unpaired) electrons. The monoisotopic (exact) mass is 134 g/mol. The normalized spacial score (nSPS) is 0. The van der Waals surface area contributed by atoms with Gasteiger partial charge in [0.05, 0.1) is 0 Å². The molecule has 0 fully saturated rings. The molecule has 0 saturated carbocycles. The van der Waals surface area contributed by atoms with E-state index in [1.54, 1.807) is 0 Å². The quantitative estimate of drug-likeness (QED) is 0.290. The minimum Gasteiger partial charge on any atom is -1.00 e. The van der Waals surface area contributed by atoms with E-state index < -0.39 is 0 Å². The van der Waals surface area contributed by atoms with Crippen LogP contribution in [0.1, 0.15) is 0 Å². The average molecular weight is 135 g/mol. The molecule has 0 rings (SSSR count). The largest absolute Gasteiger partial charge is 2.00 e. The van der Waals surface area contributed by atoms with Gasteiger partial charge in [0.15, 0.2) is 0 Å². The molecule has 0 aliphatic rings. The molecule has 0 aromatic rings. The summed E-state index contributed by atoms with van der Waals surface area (Å²) in [6.07, 6.45) is 0. The summed E-state index contributed by atoms with van der Waals surface area (Å²) in [5.41, 5.74) is 0. The van der Waals surface area contributed by atoms with Crippen LogP contribution in [0, 0.1) is 37.7 Å². The number of hydrogen-bond donors (Lipinski definition) is 0. The van der Waals surface area contributed by atoms with Gasteiger partial charge < -0.3 is 24.8 Å². The molecule has 0 nitrogen and oxygen atoms in total. The molecule has 0 aromatic carbocycles. The van der Waals surface area contributed by atoms with Gasteiger partial charge in [-0.3, -0.25) is 0 Å². The van der Waals surface area contributed by atoms with Crippen molar-refractivity contribution in [2.45, 2.75) is 0 Å². The van der Waals surface area contributed by atoms with Gasteiger partial charge in [-0.25, -0.2) is 0 Å². The average Bonchev–Trinajstić information content (AvgIpc) is 0. The van der Waals surface area contributed by atoms with Gasteiger partial charge in [0, 0.05) is 37.7 Å². The maximum absolute atomic E-state index is 0. The summed E-state index contributed by atoms with van der Waals surface area (Å²) in [4.78, 5) is 0. The van der Waals surface area contributed by atoms with Crippen molar-refractivity contribution in [3.63, 3.8) is 0 Å². The molecule has 0 aliphatic carbocycles. The van der Waals surface area contributed by atoms with Gasteiger partial charge in [-0.15, -0.1) is 0 Å². The van der Waals surface area contributed by atoms with Gasteiger partial charge in [0.2, 0.25) is 0 Å². The summed E-state index contributed by atoms with van der Waals surface area (Å²) in [5, 5.41) is 0. The van der Waals surface area contributed by atoms with Crippen LogP contribution in [-0.4, -0.2) is 23.1 Å².